The fourth-order valence-electron chi connectivity index (χ4n) is 1.34. The summed E-state index contributed by atoms with van der Waals surface area (Å²) in [6, 6.07) is 4.08. The van der Waals surface area contributed by atoms with Crippen molar-refractivity contribution in [2.24, 2.45) is 0 Å². The van der Waals surface area contributed by atoms with Crippen LogP contribution in [-0.2, 0) is 18.5 Å². The number of halogens is 2. The highest BCUT2D eigenvalue weighted by molar-refractivity contribution is 8.13. The molecular formula is C12H16Cl2O5S. The molecule has 0 aliphatic rings. The van der Waals surface area contributed by atoms with Gasteiger partial charge in [-0.2, -0.15) is 0 Å². The normalized spacial score (nSPS) is 11.6. The summed E-state index contributed by atoms with van der Waals surface area (Å²) in [5.41, 5.74) is 0. The highest BCUT2D eigenvalue weighted by Gasteiger charge is 2.12. The van der Waals surface area contributed by atoms with Crippen LogP contribution in [0.15, 0.2) is 23.1 Å². The standard InChI is InChI=1S/C12H16Cl2O5S/c1-17-7-8-18-5-2-6-19-12-4-3-10(9-11(12)13)20(14,15)16/h3-4,9H,2,5-8H2,1H3. The van der Waals surface area contributed by atoms with Crippen molar-refractivity contribution >= 4 is 31.3 Å². The molecule has 1 rings (SSSR count). The minimum atomic E-state index is -3.78. The number of ether oxygens (including phenoxy) is 3. The van der Waals surface area contributed by atoms with Crippen LogP contribution in [0.2, 0.25) is 5.02 Å². The van der Waals surface area contributed by atoms with Crippen LogP contribution >= 0.6 is 22.3 Å². The van der Waals surface area contributed by atoms with Crippen molar-refractivity contribution in [1.29, 1.82) is 0 Å². The van der Waals surface area contributed by atoms with E-state index in [2.05, 4.69) is 0 Å². The Morgan fingerprint density at radius 3 is 2.50 bits per heavy atom. The van der Waals surface area contributed by atoms with E-state index in [4.69, 9.17) is 36.5 Å². The molecule has 0 N–H and O–H groups in total. The van der Waals surface area contributed by atoms with Crippen molar-refractivity contribution in [2.45, 2.75) is 11.3 Å². The van der Waals surface area contributed by atoms with Gasteiger partial charge in [0, 0.05) is 30.8 Å². The van der Waals surface area contributed by atoms with E-state index in [0.717, 1.165) is 0 Å². The summed E-state index contributed by atoms with van der Waals surface area (Å²) in [5, 5.41) is 0.201. The first-order valence-electron chi connectivity index (χ1n) is 5.89. The first-order valence-corrected chi connectivity index (χ1v) is 8.57. The Bertz CT molecular complexity index is 519. The van der Waals surface area contributed by atoms with Gasteiger partial charge in [0.1, 0.15) is 5.75 Å². The van der Waals surface area contributed by atoms with E-state index < -0.39 is 9.05 Å². The van der Waals surface area contributed by atoms with E-state index in [1.54, 1.807) is 7.11 Å². The maximum atomic E-state index is 11.1. The van der Waals surface area contributed by atoms with Crippen LogP contribution < -0.4 is 4.74 Å². The molecule has 0 saturated carbocycles. The van der Waals surface area contributed by atoms with Crippen LogP contribution in [0, 0.1) is 0 Å². The van der Waals surface area contributed by atoms with Crippen molar-refractivity contribution in [3.05, 3.63) is 23.2 Å². The number of methoxy groups -OCH3 is 1. The highest BCUT2D eigenvalue weighted by atomic mass is 35.7. The highest BCUT2D eigenvalue weighted by Crippen LogP contribution is 2.28. The summed E-state index contributed by atoms with van der Waals surface area (Å²) >= 11 is 5.92. The molecule has 0 aromatic heterocycles. The summed E-state index contributed by atoms with van der Waals surface area (Å²) in [5.74, 6) is 0.410. The average Bonchev–Trinajstić information content (AvgIpc) is 2.38. The topological polar surface area (TPSA) is 61.8 Å². The lowest BCUT2D eigenvalue weighted by Crippen LogP contribution is -2.07. The third-order valence-electron chi connectivity index (χ3n) is 2.31. The van der Waals surface area contributed by atoms with Crippen LogP contribution in [-0.4, -0.2) is 42.0 Å². The van der Waals surface area contributed by atoms with Crippen LogP contribution in [0.1, 0.15) is 6.42 Å². The van der Waals surface area contributed by atoms with Gasteiger partial charge in [-0.05, 0) is 18.2 Å². The van der Waals surface area contributed by atoms with Crippen molar-refractivity contribution in [1.82, 2.24) is 0 Å². The van der Waals surface area contributed by atoms with Gasteiger partial charge in [-0.3, -0.25) is 0 Å². The first kappa shape index (κ1) is 17.5. The molecule has 1 aromatic rings. The molecule has 1 aromatic carbocycles. The second-order valence-electron chi connectivity index (χ2n) is 3.84. The van der Waals surface area contributed by atoms with E-state index in [1.165, 1.54) is 18.2 Å². The van der Waals surface area contributed by atoms with E-state index in [-0.39, 0.29) is 9.92 Å². The van der Waals surface area contributed by atoms with Crippen molar-refractivity contribution in [3.63, 3.8) is 0 Å². The molecule has 0 amide bonds. The van der Waals surface area contributed by atoms with Crippen molar-refractivity contribution < 1.29 is 22.6 Å². The molecular weight excluding hydrogens is 327 g/mol. The van der Waals surface area contributed by atoms with Gasteiger partial charge >= 0.3 is 0 Å². The summed E-state index contributed by atoms with van der Waals surface area (Å²) in [6.45, 7) is 2.06. The zero-order valence-electron chi connectivity index (χ0n) is 11.0. The van der Waals surface area contributed by atoms with E-state index >= 15 is 0 Å². The fourth-order valence-corrected chi connectivity index (χ4v) is 2.41. The van der Waals surface area contributed by atoms with Crippen LogP contribution in [0.25, 0.3) is 0 Å². The summed E-state index contributed by atoms with van der Waals surface area (Å²) in [6.07, 6.45) is 0.690. The molecule has 5 nitrogen and oxygen atoms in total. The monoisotopic (exact) mass is 342 g/mol. The maximum absolute atomic E-state index is 11.1. The molecule has 0 unspecified atom stereocenters. The average molecular weight is 343 g/mol. The molecule has 20 heavy (non-hydrogen) atoms. The van der Waals surface area contributed by atoms with Gasteiger partial charge in [-0.1, -0.05) is 11.6 Å². The SMILES string of the molecule is COCCOCCCOc1ccc(S(=O)(=O)Cl)cc1Cl. The lowest BCUT2D eigenvalue weighted by Gasteiger charge is -2.09. The minimum absolute atomic E-state index is 0.0561. The summed E-state index contributed by atoms with van der Waals surface area (Å²) in [7, 11) is 3.05. The molecule has 0 aliphatic heterocycles. The Hall–Kier alpha value is -0.530. The summed E-state index contributed by atoms with van der Waals surface area (Å²) < 4.78 is 37.8. The van der Waals surface area contributed by atoms with Crippen molar-refractivity contribution in [2.75, 3.05) is 33.5 Å². The van der Waals surface area contributed by atoms with Gasteiger partial charge < -0.3 is 14.2 Å². The number of hydrogen-bond acceptors (Lipinski definition) is 5. The Kier molecular flexibility index (Phi) is 7.61. The predicted molar refractivity (Wildman–Crippen MR) is 77.3 cm³/mol. The predicted octanol–water partition coefficient (Wildman–Crippen LogP) is 2.70. The van der Waals surface area contributed by atoms with Crippen molar-refractivity contribution in [3.8, 4) is 5.75 Å². The molecule has 0 saturated heterocycles. The van der Waals surface area contributed by atoms with E-state index in [0.29, 0.717) is 38.6 Å². The third kappa shape index (κ3) is 6.28. The lowest BCUT2D eigenvalue weighted by molar-refractivity contribution is 0.0644. The molecule has 0 bridgehead atoms. The van der Waals surface area contributed by atoms with E-state index in [9.17, 15) is 8.42 Å². The second-order valence-corrected chi connectivity index (χ2v) is 6.81. The Labute approximate surface area is 128 Å². The second kappa shape index (κ2) is 8.69. The zero-order valence-corrected chi connectivity index (χ0v) is 13.3. The van der Waals surface area contributed by atoms with Gasteiger partial charge in [0.25, 0.3) is 9.05 Å². The largest absolute Gasteiger partial charge is 0.492 e. The van der Waals surface area contributed by atoms with Gasteiger partial charge in [-0.25, -0.2) is 8.42 Å². The number of benzene rings is 1. The lowest BCUT2D eigenvalue weighted by atomic mass is 10.3. The minimum Gasteiger partial charge on any atom is -0.492 e. The maximum Gasteiger partial charge on any atom is 0.261 e. The van der Waals surface area contributed by atoms with Crippen LogP contribution in [0.5, 0.6) is 5.75 Å². The third-order valence-corrected chi connectivity index (χ3v) is 3.95. The van der Waals surface area contributed by atoms with Gasteiger partial charge in [-0.15, -0.1) is 0 Å². The summed E-state index contributed by atoms with van der Waals surface area (Å²) in [4.78, 5) is -0.0561. The first-order chi connectivity index (χ1) is 9.45. The number of hydrogen-bond donors (Lipinski definition) is 0. The molecule has 0 radical (unpaired) electrons. The number of rotatable bonds is 9. The quantitative estimate of drug-likeness (QED) is 0.510. The molecule has 0 aliphatic carbocycles. The van der Waals surface area contributed by atoms with Gasteiger partial charge in [0.2, 0.25) is 0 Å². The van der Waals surface area contributed by atoms with E-state index in [1.807, 2.05) is 0 Å². The molecule has 0 heterocycles. The fraction of sp³-hybridized carbons (Fsp3) is 0.500. The molecule has 0 spiro atoms. The molecule has 8 heteroatoms. The Morgan fingerprint density at radius 2 is 1.90 bits per heavy atom. The molecule has 0 fully saturated rings. The van der Waals surface area contributed by atoms with Gasteiger partial charge in [0.05, 0.1) is 29.7 Å². The molecule has 0 atom stereocenters. The molecule has 114 valence electrons. The Morgan fingerprint density at radius 1 is 1.15 bits per heavy atom. The Balaban J connectivity index is 2.38. The smallest absolute Gasteiger partial charge is 0.261 e. The van der Waals surface area contributed by atoms with Crippen LogP contribution in [0.3, 0.4) is 0 Å². The zero-order chi connectivity index (χ0) is 15.0. The van der Waals surface area contributed by atoms with Crippen LogP contribution in [0.4, 0.5) is 0 Å². The van der Waals surface area contributed by atoms with Gasteiger partial charge in [0.15, 0.2) is 0 Å².